The molecule has 1 aliphatic heterocycles. The molecule has 1 heterocycles. The van der Waals surface area contributed by atoms with E-state index in [0.29, 0.717) is 57.5 Å². The van der Waals surface area contributed by atoms with Crippen LogP contribution in [0.1, 0.15) is 29.5 Å². The number of benzene rings is 2. The summed E-state index contributed by atoms with van der Waals surface area (Å²) in [6.07, 6.45) is 0. The standard InChI is InChI=1S/C24H31FN4O2/c1-3-26-24(27-16-19-9-10-22(25)18(2)15-19)28-17-21(20-7-5-4-6-8-20)23(30)29-11-13-31-14-12-29/h4-10,15,21H,3,11-14,16-17H2,1-2H3,(H2,26,27,28). The molecule has 0 radical (unpaired) electrons. The molecule has 1 saturated heterocycles. The predicted octanol–water partition coefficient (Wildman–Crippen LogP) is 2.83. The monoisotopic (exact) mass is 426 g/mol. The first kappa shape index (κ1) is 22.7. The van der Waals surface area contributed by atoms with Gasteiger partial charge < -0.3 is 20.3 Å². The molecule has 31 heavy (non-hydrogen) atoms. The molecule has 1 aliphatic rings. The lowest BCUT2D eigenvalue weighted by Crippen LogP contribution is -2.47. The molecule has 1 fully saturated rings. The van der Waals surface area contributed by atoms with E-state index in [1.807, 2.05) is 42.2 Å². The van der Waals surface area contributed by atoms with E-state index in [-0.39, 0.29) is 17.6 Å². The van der Waals surface area contributed by atoms with Gasteiger partial charge in [-0.1, -0.05) is 42.5 Å². The van der Waals surface area contributed by atoms with Crippen molar-refractivity contribution in [1.82, 2.24) is 15.5 Å². The van der Waals surface area contributed by atoms with Gasteiger partial charge in [0.2, 0.25) is 5.91 Å². The topological polar surface area (TPSA) is 66.0 Å². The van der Waals surface area contributed by atoms with Crippen LogP contribution >= 0.6 is 0 Å². The molecule has 1 atom stereocenters. The van der Waals surface area contributed by atoms with Crippen LogP contribution in [0.2, 0.25) is 0 Å². The Balaban J connectivity index is 1.72. The number of hydrogen-bond donors (Lipinski definition) is 2. The maximum absolute atomic E-state index is 13.5. The van der Waals surface area contributed by atoms with E-state index < -0.39 is 0 Å². The number of rotatable bonds is 7. The highest BCUT2D eigenvalue weighted by Crippen LogP contribution is 2.19. The first-order valence-electron chi connectivity index (χ1n) is 10.8. The smallest absolute Gasteiger partial charge is 0.232 e. The van der Waals surface area contributed by atoms with Crippen molar-refractivity contribution >= 4 is 11.9 Å². The molecule has 2 aromatic carbocycles. The first-order valence-corrected chi connectivity index (χ1v) is 10.8. The molecule has 2 N–H and O–H groups in total. The van der Waals surface area contributed by atoms with Crippen LogP contribution in [0.3, 0.4) is 0 Å². The summed E-state index contributed by atoms with van der Waals surface area (Å²) in [5.41, 5.74) is 2.50. The van der Waals surface area contributed by atoms with E-state index in [1.165, 1.54) is 6.07 Å². The van der Waals surface area contributed by atoms with Crippen LogP contribution in [0.4, 0.5) is 4.39 Å². The maximum Gasteiger partial charge on any atom is 0.232 e. The Morgan fingerprint density at radius 1 is 1.16 bits per heavy atom. The number of ether oxygens (including phenoxy) is 1. The Morgan fingerprint density at radius 3 is 2.58 bits per heavy atom. The summed E-state index contributed by atoms with van der Waals surface area (Å²) in [5.74, 6) is 0.175. The SMILES string of the molecule is CCNC(=NCc1ccc(F)c(C)c1)NCC(C(=O)N1CCOCC1)c1ccccc1. The van der Waals surface area contributed by atoms with Crippen molar-refractivity contribution in [2.45, 2.75) is 26.3 Å². The number of hydrogen-bond acceptors (Lipinski definition) is 3. The van der Waals surface area contributed by atoms with Crippen LogP contribution in [0.5, 0.6) is 0 Å². The third-order valence-corrected chi connectivity index (χ3v) is 5.28. The minimum atomic E-state index is -0.323. The Kier molecular flexibility index (Phi) is 8.41. The molecule has 2 aromatic rings. The van der Waals surface area contributed by atoms with Gasteiger partial charge >= 0.3 is 0 Å². The van der Waals surface area contributed by atoms with Crippen LogP contribution in [0, 0.1) is 12.7 Å². The van der Waals surface area contributed by atoms with Gasteiger partial charge in [0.25, 0.3) is 0 Å². The third kappa shape index (κ3) is 6.52. The van der Waals surface area contributed by atoms with Gasteiger partial charge in [-0.15, -0.1) is 0 Å². The number of aryl methyl sites for hydroxylation is 1. The number of halogens is 1. The van der Waals surface area contributed by atoms with Crippen molar-refractivity contribution in [3.8, 4) is 0 Å². The average Bonchev–Trinajstić information content (AvgIpc) is 2.81. The molecule has 7 heteroatoms. The summed E-state index contributed by atoms with van der Waals surface area (Å²) < 4.78 is 18.9. The molecule has 1 amide bonds. The van der Waals surface area contributed by atoms with Gasteiger partial charge in [0.15, 0.2) is 5.96 Å². The number of amides is 1. The van der Waals surface area contributed by atoms with Crippen LogP contribution in [0.15, 0.2) is 53.5 Å². The van der Waals surface area contributed by atoms with Crippen LogP contribution in [-0.2, 0) is 16.1 Å². The van der Waals surface area contributed by atoms with Gasteiger partial charge in [-0.2, -0.15) is 0 Å². The highest BCUT2D eigenvalue weighted by molar-refractivity contribution is 5.86. The number of aliphatic imine (C=N–C) groups is 1. The molecular formula is C24H31FN4O2. The molecular weight excluding hydrogens is 395 g/mol. The zero-order valence-electron chi connectivity index (χ0n) is 18.2. The molecule has 3 rings (SSSR count). The molecule has 0 bridgehead atoms. The molecule has 166 valence electrons. The van der Waals surface area contributed by atoms with Crippen molar-refractivity contribution in [2.24, 2.45) is 4.99 Å². The minimum Gasteiger partial charge on any atom is -0.378 e. The van der Waals surface area contributed by atoms with Crippen LogP contribution < -0.4 is 10.6 Å². The van der Waals surface area contributed by atoms with Crippen LogP contribution in [0.25, 0.3) is 0 Å². The van der Waals surface area contributed by atoms with Gasteiger partial charge in [0.1, 0.15) is 5.82 Å². The number of nitrogens with zero attached hydrogens (tertiary/aromatic N) is 2. The van der Waals surface area contributed by atoms with Crippen molar-refractivity contribution < 1.29 is 13.9 Å². The van der Waals surface area contributed by atoms with Gasteiger partial charge in [-0.05, 0) is 36.6 Å². The molecule has 0 saturated carbocycles. The lowest BCUT2D eigenvalue weighted by molar-refractivity contribution is -0.136. The highest BCUT2D eigenvalue weighted by atomic mass is 19.1. The molecule has 0 aromatic heterocycles. The zero-order valence-corrected chi connectivity index (χ0v) is 18.2. The van der Waals surface area contributed by atoms with E-state index in [0.717, 1.165) is 11.1 Å². The number of carbonyl (C=O) groups is 1. The largest absolute Gasteiger partial charge is 0.378 e. The first-order chi connectivity index (χ1) is 15.1. The number of carbonyl (C=O) groups excluding carboxylic acids is 1. The van der Waals surface area contributed by atoms with Gasteiger partial charge in [-0.25, -0.2) is 9.38 Å². The second-order valence-corrected chi connectivity index (χ2v) is 7.56. The van der Waals surface area contributed by atoms with E-state index >= 15 is 0 Å². The van der Waals surface area contributed by atoms with E-state index in [1.54, 1.807) is 19.1 Å². The van der Waals surface area contributed by atoms with Gasteiger partial charge in [0.05, 0.1) is 25.7 Å². The van der Waals surface area contributed by atoms with Crippen molar-refractivity contribution in [3.05, 3.63) is 71.0 Å². The summed E-state index contributed by atoms with van der Waals surface area (Å²) in [4.78, 5) is 19.7. The molecule has 0 spiro atoms. The fourth-order valence-electron chi connectivity index (χ4n) is 3.55. The van der Waals surface area contributed by atoms with E-state index in [9.17, 15) is 9.18 Å². The van der Waals surface area contributed by atoms with Crippen molar-refractivity contribution in [3.63, 3.8) is 0 Å². The van der Waals surface area contributed by atoms with Gasteiger partial charge in [0, 0.05) is 26.2 Å². The molecule has 6 nitrogen and oxygen atoms in total. The highest BCUT2D eigenvalue weighted by Gasteiger charge is 2.27. The van der Waals surface area contributed by atoms with E-state index in [2.05, 4.69) is 15.6 Å². The third-order valence-electron chi connectivity index (χ3n) is 5.28. The Bertz CT molecular complexity index is 882. The minimum absolute atomic E-state index is 0.0898. The summed E-state index contributed by atoms with van der Waals surface area (Å²) in [5, 5.41) is 6.55. The van der Waals surface area contributed by atoms with Crippen LogP contribution in [-0.4, -0.2) is 56.2 Å². The normalized spacial score (nSPS) is 15.5. The summed E-state index contributed by atoms with van der Waals surface area (Å²) in [6.45, 7) is 7.64. The average molecular weight is 427 g/mol. The second kappa shape index (κ2) is 11.5. The Morgan fingerprint density at radius 2 is 1.90 bits per heavy atom. The Labute approximate surface area is 183 Å². The second-order valence-electron chi connectivity index (χ2n) is 7.56. The quantitative estimate of drug-likeness (QED) is 0.528. The van der Waals surface area contributed by atoms with Gasteiger partial charge in [-0.3, -0.25) is 4.79 Å². The van der Waals surface area contributed by atoms with E-state index in [4.69, 9.17) is 4.74 Å². The fraction of sp³-hybridized carbons (Fsp3) is 0.417. The number of morpholine rings is 1. The summed E-state index contributed by atoms with van der Waals surface area (Å²) in [7, 11) is 0. The number of guanidine groups is 1. The van der Waals surface area contributed by atoms with Crippen molar-refractivity contribution in [2.75, 3.05) is 39.4 Å². The predicted molar refractivity (Wildman–Crippen MR) is 121 cm³/mol. The lowest BCUT2D eigenvalue weighted by atomic mass is 9.97. The molecule has 0 aliphatic carbocycles. The molecule has 1 unspecified atom stereocenters. The summed E-state index contributed by atoms with van der Waals surface area (Å²) in [6, 6.07) is 14.8. The summed E-state index contributed by atoms with van der Waals surface area (Å²) >= 11 is 0. The lowest BCUT2D eigenvalue weighted by Gasteiger charge is -2.31. The number of nitrogens with one attached hydrogen (secondary N) is 2. The van der Waals surface area contributed by atoms with Crippen molar-refractivity contribution in [1.29, 1.82) is 0 Å². The maximum atomic E-state index is 13.5. The Hall–Kier alpha value is -2.93. The zero-order chi connectivity index (χ0) is 22.1. The fourth-order valence-corrected chi connectivity index (χ4v) is 3.55.